The molecule has 7 heteroatoms. The summed E-state index contributed by atoms with van der Waals surface area (Å²) in [5.41, 5.74) is 3.66. The number of carbonyl (C=O) groups excluding carboxylic acids is 1. The van der Waals surface area contributed by atoms with Crippen LogP contribution in [0.1, 0.15) is 16.7 Å². The summed E-state index contributed by atoms with van der Waals surface area (Å²) in [7, 11) is 1.48. The number of carbonyl (C=O) groups is 1. The van der Waals surface area contributed by atoms with E-state index in [0.29, 0.717) is 19.4 Å². The zero-order valence-electron chi connectivity index (χ0n) is 14.4. The lowest BCUT2D eigenvalue weighted by Crippen LogP contribution is -2.28. The van der Waals surface area contributed by atoms with E-state index in [1.54, 1.807) is 23.1 Å². The molecule has 2 aromatic carbocycles. The van der Waals surface area contributed by atoms with Crippen LogP contribution in [0.4, 0.5) is 5.69 Å². The van der Waals surface area contributed by atoms with E-state index in [-0.39, 0.29) is 11.7 Å². The molecule has 2 aromatic rings. The molecule has 1 aliphatic rings. The van der Waals surface area contributed by atoms with Crippen molar-refractivity contribution in [3.63, 3.8) is 0 Å². The van der Waals surface area contributed by atoms with E-state index in [1.165, 1.54) is 18.9 Å². The molecule has 0 spiro atoms. The van der Waals surface area contributed by atoms with Gasteiger partial charge in [-0.25, -0.2) is 0 Å². The highest BCUT2D eigenvalue weighted by atomic mass is 79.9. The number of aromatic hydroxyl groups is 1. The minimum atomic E-state index is -0.157. The summed E-state index contributed by atoms with van der Waals surface area (Å²) in [6, 6.07) is 9.30. The minimum absolute atomic E-state index is 0.0208. The van der Waals surface area contributed by atoms with Gasteiger partial charge >= 0.3 is 0 Å². The van der Waals surface area contributed by atoms with Crippen LogP contribution >= 0.6 is 39.9 Å². The number of aryl methyl sites for hydroxylation is 2. The molecule has 1 saturated heterocycles. The van der Waals surface area contributed by atoms with Crippen LogP contribution in [0.25, 0.3) is 6.08 Å². The second-order valence-corrected chi connectivity index (χ2v) is 8.39. The molecule has 26 heavy (non-hydrogen) atoms. The first-order chi connectivity index (χ1) is 12.3. The molecule has 0 aromatic heterocycles. The molecule has 0 saturated carbocycles. The van der Waals surface area contributed by atoms with Crippen molar-refractivity contribution >= 4 is 61.9 Å². The first-order valence-electron chi connectivity index (χ1n) is 7.73. The number of hydrogen-bond donors (Lipinski definition) is 1. The van der Waals surface area contributed by atoms with Gasteiger partial charge in [0.15, 0.2) is 15.8 Å². The fourth-order valence-electron chi connectivity index (χ4n) is 2.72. The summed E-state index contributed by atoms with van der Waals surface area (Å²) in [5, 5.41) is 9.93. The topological polar surface area (TPSA) is 49.8 Å². The molecule has 1 amide bonds. The van der Waals surface area contributed by atoms with Crippen LogP contribution in [0.2, 0.25) is 0 Å². The molecular formula is C19H16BrNO3S2. The predicted molar refractivity (Wildman–Crippen MR) is 114 cm³/mol. The highest BCUT2D eigenvalue weighted by molar-refractivity contribution is 9.10. The van der Waals surface area contributed by atoms with E-state index in [1.807, 2.05) is 32.0 Å². The quantitative estimate of drug-likeness (QED) is 0.516. The second-order valence-electron chi connectivity index (χ2n) is 5.86. The molecule has 4 nitrogen and oxygen atoms in total. The van der Waals surface area contributed by atoms with Crippen molar-refractivity contribution in [1.29, 1.82) is 0 Å². The van der Waals surface area contributed by atoms with Crippen molar-refractivity contribution in [1.82, 2.24) is 0 Å². The van der Waals surface area contributed by atoms with Crippen molar-refractivity contribution in [3.8, 4) is 11.5 Å². The average Bonchev–Trinajstić information content (AvgIpc) is 2.85. The number of thioether (sulfide) groups is 1. The lowest BCUT2D eigenvalue weighted by atomic mass is 10.1. The summed E-state index contributed by atoms with van der Waals surface area (Å²) in [5.74, 6) is 0.193. The largest absolute Gasteiger partial charge is 0.503 e. The third-order valence-corrected chi connectivity index (χ3v) is 5.86. The number of thiocarbonyl (C=S) groups is 1. The zero-order chi connectivity index (χ0) is 19.0. The first kappa shape index (κ1) is 18.9. The molecule has 1 aliphatic heterocycles. The molecule has 1 N–H and O–H groups in total. The van der Waals surface area contributed by atoms with Gasteiger partial charge < -0.3 is 9.84 Å². The van der Waals surface area contributed by atoms with Crippen LogP contribution in [0, 0.1) is 13.8 Å². The highest BCUT2D eigenvalue weighted by Crippen LogP contribution is 2.40. The van der Waals surface area contributed by atoms with Crippen molar-refractivity contribution in [3.05, 3.63) is 56.4 Å². The molecule has 3 rings (SSSR count). The van der Waals surface area contributed by atoms with Crippen molar-refractivity contribution < 1.29 is 14.6 Å². The Morgan fingerprint density at radius 3 is 2.65 bits per heavy atom. The number of ether oxygens (including phenoxy) is 1. The van der Waals surface area contributed by atoms with Gasteiger partial charge in [0.2, 0.25) is 0 Å². The summed E-state index contributed by atoms with van der Waals surface area (Å²) >= 11 is 9.98. The average molecular weight is 450 g/mol. The monoisotopic (exact) mass is 449 g/mol. The molecule has 1 heterocycles. The van der Waals surface area contributed by atoms with Crippen molar-refractivity contribution in [2.45, 2.75) is 13.8 Å². The van der Waals surface area contributed by atoms with E-state index in [4.69, 9.17) is 17.0 Å². The predicted octanol–water partition coefficient (Wildman–Crippen LogP) is 5.19. The van der Waals surface area contributed by atoms with Crippen LogP contribution in [0.5, 0.6) is 11.5 Å². The SMILES string of the molecule is COc1cc(/C=C2/SC(=S)N(c3ccc(C)cc3C)C2=O)cc(Br)c1O. The van der Waals surface area contributed by atoms with E-state index in [0.717, 1.165) is 22.4 Å². The lowest BCUT2D eigenvalue weighted by Gasteiger charge is -2.17. The second kappa shape index (κ2) is 7.42. The Labute approximate surface area is 170 Å². The first-order valence-corrected chi connectivity index (χ1v) is 9.75. The molecule has 0 atom stereocenters. The summed E-state index contributed by atoms with van der Waals surface area (Å²) in [6.07, 6.45) is 1.75. The van der Waals surface area contributed by atoms with Gasteiger partial charge in [-0.15, -0.1) is 0 Å². The van der Waals surface area contributed by atoms with Gasteiger partial charge in [0.05, 0.1) is 22.2 Å². The molecule has 0 bridgehead atoms. The maximum absolute atomic E-state index is 12.9. The molecule has 0 unspecified atom stereocenters. The Morgan fingerprint density at radius 1 is 1.27 bits per heavy atom. The molecule has 134 valence electrons. The fourth-order valence-corrected chi connectivity index (χ4v) is 4.46. The Hall–Kier alpha value is -1.83. The standard InChI is InChI=1S/C19H16BrNO3S2/c1-10-4-5-14(11(2)6-10)21-18(23)16(26-19(21)25)9-12-7-13(20)17(22)15(8-12)24-3/h4-9,22H,1-3H3/b16-9+. The number of hydrogen-bond acceptors (Lipinski definition) is 5. The Bertz CT molecular complexity index is 956. The normalized spacial score (nSPS) is 15.8. The van der Waals surface area contributed by atoms with Crippen LogP contribution in [-0.4, -0.2) is 22.4 Å². The summed E-state index contributed by atoms with van der Waals surface area (Å²) < 4.78 is 6.15. The van der Waals surface area contributed by atoms with Gasteiger partial charge in [-0.05, 0) is 65.2 Å². The minimum Gasteiger partial charge on any atom is -0.503 e. The van der Waals surface area contributed by atoms with Gasteiger partial charge in [0.25, 0.3) is 5.91 Å². The van der Waals surface area contributed by atoms with E-state index < -0.39 is 0 Å². The Balaban J connectivity index is 1.99. The van der Waals surface area contributed by atoms with Crippen LogP contribution < -0.4 is 9.64 Å². The third kappa shape index (κ3) is 3.51. The van der Waals surface area contributed by atoms with Crippen LogP contribution in [0.15, 0.2) is 39.7 Å². The van der Waals surface area contributed by atoms with Crippen molar-refractivity contribution in [2.24, 2.45) is 0 Å². The third-order valence-electron chi connectivity index (χ3n) is 3.96. The van der Waals surface area contributed by atoms with E-state index in [2.05, 4.69) is 15.9 Å². The lowest BCUT2D eigenvalue weighted by molar-refractivity contribution is -0.113. The maximum atomic E-state index is 12.9. The maximum Gasteiger partial charge on any atom is 0.270 e. The summed E-state index contributed by atoms with van der Waals surface area (Å²) in [4.78, 5) is 15.0. The molecule has 0 aliphatic carbocycles. The Morgan fingerprint density at radius 2 is 2.00 bits per heavy atom. The van der Waals surface area contributed by atoms with E-state index >= 15 is 0 Å². The molecule has 0 radical (unpaired) electrons. The van der Waals surface area contributed by atoms with Crippen molar-refractivity contribution in [2.75, 3.05) is 12.0 Å². The highest BCUT2D eigenvalue weighted by Gasteiger charge is 2.34. The number of benzene rings is 2. The number of anilines is 1. The molecule has 1 fully saturated rings. The number of phenolic OH excluding ortho intramolecular Hbond substituents is 1. The summed E-state index contributed by atoms with van der Waals surface area (Å²) in [6.45, 7) is 3.98. The number of phenols is 1. The number of nitrogens with zero attached hydrogens (tertiary/aromatic N) is 1. The van der Waals surface area contributed by atoms with Gasteiger partial charge in [0.1, 0.15) is 0 Å². The van der Waals surface area contributed by atoms with Crippen LogP contribution in [0.3, 0.4) is 0 Å². The van der Waals surface area contributed by atoms with E-state index in [9.17, 15) is 9.90 Å². The number of amides is 1. The number of halogens is 1. The smallest absolute Gasteiger partial charge is 0.270 e. The Kier molecular flexibility index (Phi) is 5.41. The van der Waals surface area contributed by atoms with Gasteiger partial charge in [-0.2, -0.15) is 0 Å². The van der Waals surface area contributed by atoms with Gasteiger partial charge in [-0.1, -0.05) is 41.7 Å². The zero-order valence-corrected chi connectivity index (χ0v) is 17.6. The fraction of sp³-hybridized carbons (Fsp3) is 0.158. The number of methoxy groups -OCH3 is 1. The van der Waals surface area contributed by atoms with Gasteiger partial charge in [-0.3, -0.25) is 9.69 Å². The number of rotatable bonds is 3. The van der Waals surface area contributed by atoms with Crippen LogP contribution in [-0.2, 0) is 4.79 Å². The van der Waals surface area contributed by atoms with Gasteiger partial charge in [0, 0.05) is 0 Å². The molecular weight excluding hydrogens is 434 g/mol.